The van der Waals surface area contributed by atoms with Crippen molar-refractivity contribution in [1.29, 1.82) is 0 Å². The van der Waals surface area contributed by atoms with Gasteiger partial charge in [-0.2, -0.15) is 0 Å². The monoisotopic (exact) mass is 384 g/mol. The molecule has 1 aromatic carbocycles. The van der Waals surface area contributed by atoms with E-state index in [-0.39, 0.29) is 30.4 Å². The van der Waals surface area contributed by atoms with Crippen molar-refractivity contribution in [3.05, 3.63) is 57.8 Å². The van der Waals surface area contributed by atoms with Gasteiger partial charge in [0.05, 0.1) is 6.42 Å². The van der Waals surface area contributed by atoms with Crippen LogP contribution in [0.1, 0.15) is 33.6 Å². The molecule has 0 atom stereocenters. The Morgan fingerprint density at radius 1 is 0.889 bits per heavy atom. The predicted octanol–water partition coefficient (Wildman–Crippen LogP) is 2.93. The van der Waals surface area contributed by atoms with Gasteiger partial charge >= 0.3 is 0 Å². The molecule has 142 valence electrons. The number of carbonyl (C=O) groups is 3. The van der Waals surface area contributed by atoms with Gasteiger partial charge in [-0.1, -0.05) is 35.9 Å². The number of benzene rings is 1. The summed E-state index contributed by atoms with van der Waals surface area (Å²) in [6.07, 6.45) is 0.867. The molecule has 1 aromatic heterocycles. The number of thiophene rings is 1. The van der Waals surface area contributed by atoms with E-state index in [4.69, 9.17) is 0 Å². The van der Waals surface area contributed by atoms with Crippen LogP contribution in [0.4, 0.5) is 0 Å². The largest absolute Gasteiger partial charge is 0.339 e. The van der Waals surface area contributed by atoms with Crippen LogP contribution >= 0.6 is 11.3 Å². The molecule has 0 aliphatic carbocycles. The highest BCUT2D eigenvalue weighted by molar-refractivity contribution is 7.10. The van der Waals surface area contributed by atoms with Crippen molar-refractivity contribution in [3.63, 3.8) is 0 Å². The molecule has 27 heavy (non-hydrogen) atoms. The zero-order valence-electron chi connectivity index (χ0n) is 15.5. The lowest BCUT2D eigenvalue weighted by molar-refractivity contribution is -0.139. The summed E-state index contributed by atoms with van der Waals surface area (Å²) in [6, 6.07) is 11.3. The first-order valence-electron chi connectivity index (χ1n) is 9.21. The maximum Gasteiger partial charge on any atom is 0.227 e. The maximum atomic E-state index is 12.4. The Morgan fingerprint density at radius 2 is 1.52 bits per heavy atom. The molecule has 1 saturated heterocycles. The molecule has 2 aromatic rings. The number of Topliss-reactive ketones (excluding diaryl/α,β-unsaturated/α-hetero) is 1. The van der Waals surface area contributed by atoms with Gasteiger partial charge in [0.15, 0.2) is 5.78 Å². The molecule has 0 unspecified atom stereocenters. The molecule has 0 N–H and O–H groups in total. The van der Waals surface area contributed by atoms with E-state index in [2.05, 4.69) is 0 Å². The van der Waals surface area contributed by atoms with Gasteiger partial charge in [0.1, 0.15) is 0 Å². The van der Waals surface area contributed by atoms with Crippen molar-refractivity contribution in [2.45, 2.75) is 26.2 Å². The topological polar surface area (TPSA) is 57.7 Å². The summed E-state index contributed by atoms with van der Waals surface area (Å²) >= 11 is 1.58. The smallest absolute Gasteiger partial charge is 0.227 e. The second-order valence-corrected chi connectivity index (χ2v) is 7.84. The highest BCUT2D eigenvalue weighted by atomic mass is 32.1. The molecule has 2 amide bonds. The summed E-state index contributed by atoms with van der Waals surface area (Å²) < 4.78 is 0. The van der Waals surface area contributed by atoms with Crippen LogP contribution in [0, 0.1) is 6.92 Å². The van der Waals surface area contributed by atoms with E-state index in [0.29, 0.717) is 38.2 Å². The first-order chi connectivity index (χ1) is 13.0. The van der Waals surface area contributed by atoms with Crippen molar-refractivity contribution in [3.8, 4) is 0 Å². The van der Waals surface area contributed by atoms with E-state index < -0.39 is 0 Å². The Kier molecular flexibility index (Phi) is 6.40. The average Bonchev–Trinajstić information content (AvgIpc) is 3.19. The van der Waals surface area contributed by atoms with Crippen molar-refractivity contribution in [2.24, 2.45) is 0 Å². The second-order valence-electron chi connectivity index (χ2n) is 6.81. The number of rotatable bonds is 6. The average molecular weight is 385 g/mol. The maximum absolute atomic E-state index is 12.4. The normalized spacial score (nSPS) is 14.3. The molecule has 0 radical (unpaired) electrons. The van der Waals surface area contributed by atoms with E-state index >= 15 is 0 Å². The molecule has 2 heterocycles. The lowest BCUT2D eigenvalue weighted by Crippen LogP contribution is -2.51. The van der Waals surface area contributed by atoms with Gasteiger partial charge in [0.25, 0.3) is 0 Å². The molecule has 6 heteroatoms. The number of ketones is 1. The van der Waals surface area contributed by atoms with E-state index in [1.54, 1.807) is 28.4 Å². The van der Waals surface area contributed by atoms with E-state index in [0.717, 1.165) is 10.4 Å². The number of piperazine rings is 1. The minimum absolute atomic E-state index is 0.00638. The van der Waals surface area contributed by atoms with Crippen molar-refractivity contribution in [1.82, 2.24) is 9.80 Å². The zero-order valence-corrected chi connectivity index (χ0v) is 16.3. The SMILES string of the molecule is Cc1ccc(C(=O)CCC(=O)N2CCN(C(=O)Cc3cccs3)CC2)cc1. The van der Waals surface area contributed by atoms with Crippen LogP contribution in [0.25, 0.3) is 0 Å². The van der Waals surface area contributed by atoms with Gasteiger partial charge in [-0.3, -0.25) is 14.4 Å². The minimum atomic E-state index is -0.0131. The molecular weight excluding hydrogens is 360 g/mol. The molecule has 0 bridgehead atoms. The van der Waals surface area contributed by atoms with Gasteiger partial charge < -0.3 is 9.80 Å². The summed E-state index contributed by atoms with van der Waals surface area (Å²) in [5.41, 5.74) is 1.76. The molecule has 3 rings (SSSR count). The fourth-order valence-electron chi connectivity index (χ4n) is 3.14. The lowest BCUT2D eigenvalue weighted by atomic mass is 10.0. The number of hydrogen-bond donors (Lipinski definition) is 0. The molecule has 5 nitrogen and oxygen atoms in total. The number of carbonyl (C=O) groups excluding carboxylic acids is 3. The van der Waals surface area contributed by atoms with Gasteiger partial charge in [0.2, 0.25) is 11.8 Å². The Labute approximate surface area is 163 Å². The Hall–Kier alpha value is -2.47. The number of aryl methyl sites for hydroxylation is 1. The fourth-order valence-corrected chi connectivity index (χ4v) is 3.84. The van der Waals surface area contributed by atoms with Crippen LogP contribution in [-0.4, -0.2) is 53.6 Å². The third-order valence-corrected chi connectivity index (χ3v) is 5.71. The van der Waals surface area contributed by atoms with Gasteiger partial charge in [-0.05, 0) is 18.4 Å². The number of amides is 2. The minimum Gasteiger partial charge on any atom is -0.339 e. The Balaban J connectivity index is 1.42. The van der Waals surface area contributed by atoms with Crippen molar-refractivity contribution >= 4 is 28.9 Å². The van der Waals surface area contributed by atoms with Crippen LogP contribution < -0.4 is 0 Å². The molecule has 0 saturated carbocycles. The van der Waals surface area contributed by atoms with E-state index in [9.17, 15) is 14.4 Å². The van der Waals surface area contributed by atoms with Crippen molar-refractivity contribution in [2.75, 3.05) is 26.2 Å². The quantitative estimate of drug-likeness (QED) is 0.720. The summed E-state index contributed by atoms with van der Waals surface area (Å²) in [5, 5.41) is 1.97. The van der Waals surface area contributed by atoms with Crippen LogP contribution in [0.5, 0.6) is 0 Å². The first kappa shape index (κ1) is 19.3. The number of hydrogen-bond acceptors (Lipinski definition) is 4. The zero-order chi connectivity index (χ0) is 19.2. The second kappa shape index (κ2) is 8.95. The predicted molar refractivity (Wildman–Crippen MR) is 106 cm³/mol. The van der Waals surface area contributed by atoms with Gasteiger partial charge in [-0.15, -0.1) is 11.3 Å². The first-order valence-corrected chi connectivity index (χ1v) is 10.1. The molecule has 1 fully saturated rings. The van der Waals surface area contributed by atoms with E-state index in [1.807, 2.05) is 41.5 Å². The van der Waals surface area contributed by atoms with Crippen LogP contribution in [-0.2, 0) is 16.0 Å². The highest BCUT2D eigenvalue weighted by Crippen LogP contribution is 2.13. The van der Waals surface area contributed by atoms with Crippen LogP contribution in [0.2, 0.25) is 0 Å². The standard InChI is InChI=1S/C21H24N2O3S/c1-16-4-6-17(7-5-16)19(24)8-9-20(25)22-10-12-23(13-11-22)21(26)15-18-3-2-14-27-18/h2-7,14H,8-13,15H2,1H3. The third-order valence-electron chi connectivity index (χ3n) is 4.83. The summed E-state index contributed by atoms with van der Waals surface area (Å²) in [4.78, 5) is 41.6. The molecular formula is C21H24N2O3S. The Bertz CT molecular complexity index is 791. The summed E-state index contributed by atoms with van der Waals surface area (Å²) in [6.45, 7) is 4.16. The Morgan fingerprint density at radius 3 is 2.11 bits per heavy atom. The van der Waals surface area contributed by atoms with Gasteiger partial charge in [-0.25, -0.2) is 0 Å². The van der Waals surface area contributed by atoms with Gasteiger partial charge in [0, 0.05) is 49.5 Å². The fraction of sp³-hybridized carbons (Fsp3) is 0.381. The van der Waals surface area contributed by atoms with Crippen LogP contribution in [0.3, 0.4) is 0 Å². The third kappa shape index (κ3) is 5.26. The summed E-state index contributed by atoms with van der Waals surface area (Å²) in [7, 11) is 0. The molecule has 0 spiro atoms. The summed E-state index contributed by atoms with van der Waals surface area (Å²) in [5.74, 6) is 0.0908. The number of nitrogens with zero attached hydrogens (tertiary/aromatic N) is 2. The van der Waals surface area contributed by atoms with E-state index in [1.165, 1.54) is 0 Å². The molecule has 1 aliphatic heterocycles. The molecule has 1 aliphatic rings. The highest BCUT2D eigenvalue weighted by Gasteiger charge is 2.24. The lowest BCUT2D eigenvalue weighted by Gasteiger charge is -2.34. The van der Waals surface area contributed by atoms with Crippen LogP contribution in [0.15, 0.2) is 41.8 Å². The van der Waals surface area contributed by atoms with Crippen molar-refractivity contribution < 1.29 is 14.4 Å².